The van der Waals surface area contributed by atoms with E-state index >= 15 is 0 Å². The quantitative estimate of drug-likeness (QED) is 0.556. The highest BCUT2D eigenvalue weighted by Gasteiger charge is 2.47. The van der Waals surface area contributed by atoms with Crippen molar-refractivity contribution in [3.63, 3.8) is 0 Å². The molecule has 190 valence electrons. The number of hydrogen-bond acceptors (Lipinski definition) is 5. The number of amides is 3. The smallest absolute Gasteiger partial charge is 0.247 e. The van der Waals surface area contributed by atoms with Crippen molar-refractivity contribution in [3.05, 3.63) is 83.9 Å². The number of piperazine rings is 1. The number of nitrogens with zero attached hydrogens (tertiary/aromatic N) is 2. The van der Waals surface area contributed by atoms with Crippen molar-refractivity contribution < 1.29 is 19.1 Å². The van der Waals surface area contributed by atoms with Crippen molar-refractivity contribution in [2.45, 2.75) is 44.0 Å². The Labute approximate surface area is 212 Å². The molecule has 8 heteroatoms. The van der Waals surface area contributed by atoms with Crippen LogP contribution in [0.3, 0.4) is 0 Å². The summed E-state index contributed by atoms with van der Waals surface area (Å²) in [6, 6.07) is 18.7. The summed E-state index contributed by atoms with van der Waals surface area (Å²) in [5.74, 6) is -0.725. The number of benzene rings is 2. The molecule has 2 aromatic carbocycles. The first kappa shape index (κ1) is 25.6. The number of hydrogen-bond donors (Lipinski definition) is 2. The molecule has 0 radical (unpaired) electrons. The molecule has 2 unspecified atom stereocenters. The summed E-state index contributed by atoms with van der Waals surface area (Å²) in [7, 11) is 0. The summed E-state index contributed by atoms with van der Waals surface area (Å²) >= 11 is 0. The summed E-state index contributed by atoms with van der Waals surface area (Å²) in [4.78, 5) is 42.6. The van der Waals surface area contributed by atoms with E-state index in [9.17, 15) is 14.4 Å². The third kappa shape index (κ3) is 5.83. The van der Waals surface area contributed by atoms with E-state index in [-0.39, 0.29) is 18.4 Å². The molecular formula is C28H34N4O4. The molecule has 1 fully saturated rings. The first-order valence-corrected chi connectivity index (χ1v) is 12.2. The number of rotatable bonds is 9. The van der Waals surface area contributed by atoms with Gasteiger partial charge in [0.05, 0.1) is 24.3 Å². The van der Waals surface area contributed by atoms with Crippen LogP contribution in [-0.2, 0) is 32.1 Å². The summed E-state index contributed by atoms with van der Waals surface area (Å²) < 4.78 is 5.85. The van der Waals surface area contributed by atoms with Gasteiger partial charge < -0.3 is 25.6 Å². The lowest BCUT2D eigenvalue weighted by molar-refractivity contribution is -0.146. The fourth-order valence-electron chi connectivity index (χ4n) is 4.68. The van der Waals surface area contributed by atoms with Crippen LogP contribution in [0.2, 0.25) is 0 Å². The number of nitrogens with one attached hydrogen (secondary N) is 1. The van der Waals surface area contributed by atoms with Crippen LogP contribution < -0.4 is 11.1 Å². The molecule has 4 rings (SSSR count). The molecule has 0 aliphatic carbocycles. The lowest BCUT2D eigenvalue weighted by atomic mass is 9.88. The Morgan fingerprint density at radius 1 is 1.06 bits per heavy atom. The summed E-state index contributed by atoms with van der Waals surface area (Å²) in [5.41, 5.74) is 6.27. The summed E-state index contributed by atoms with van der Waals surface area (Å²) in [6.45, 7) is 4.64. The molecule has 0 spiro atoms. The van der Waals surface area contributed by atoms with Crippen molar-refractivity contribution in [3.8, 4) is 0 Å². The molecule has 0 saturated carbocycles. The highest BCUT2D eigenvalue weighted by molar-refractivity contribution is 5.93. The number of fused-ring (bicyclic) bond motifs is 1. The number of carbonyl (C=O) groups excluding carboxylic acids is 3. The van der Waals surface area contributed by atoms with Gasteiger partial charge in [-0.1, -0.05) is 66.7 Å². The van der Waals surface area contributed by atoms with Gasteiger partial charge in [0.2, 0.25) is 17.7 Å². The Morgan fingerprint density at radius 3 is 2.33 bits per heavy atom. The zero-order chi connectivity index (χ0) is 25.8. The molecule has 2 atom stereocenters. The minimum absolute atomic E-state index is 0.0101. The Hall–Kier alpha value is -3.49. The fraction of sp³-hybridized carbons (Fsp3) is 0.393. The highest BCUT2D eigenvalue weighted by atomic mass is 16.5. The van der Waals surface area contributed by atoms with Gasteiger partial charge in [-0.25, -0.2) is 0 Å². The molecule has 0 aromatic heterocycles. The van der Waals surface area contributed by atoms with Gasteiger partial charge in [-0.2, -0.15) is 0 Å². The van der Waals surface area contributed by atoms with Crippen LogP contribution in [-0.4, -0.2) is 70.9 Å². The van der Waals surface area contributed by atoms with Crippen molar-refractivity contribution in [1.29, 1.82) is 0 Å². The van der Waals surface area contributed by atoms with E-state index in [2.05, 4.69) is 5.32 Å². The third-order valence-electron chi connectivity index (χ3n) is 6.65. The molecular weight excluding hydrogens is 456 g/mol. The predicted molar refractivity (Wildman–Crippen MR) is 137 cm³/mol. The normalized spacial score (nSPS) is 20.2. The second-order valence-corrected chi connectivity index (χ2v) is 10.1. The van der Waals surface area contributed by atoms with Crippen LogP contribution in [0.5, 0.6) is 0 Å². The van der Waals surface area contributed by atoms with Crippen LogP contribution >= 0.6 is 0 Å². The minimum atomic E-state index is -1.15. The summed E-state index contributed by atoms with van der Waals surface area (Å²) in [6.07, 6.45) is 4.09. The number of nitrogens with two attached hydrogens (primary N) is 1. The monoisotopic (exact) mass is 490 g/mol. The lowest BCUT2D eigenvalue weighted by Crippen LogP contribution is -2.65. The van der Waals surface area contributed by atoms with E-state index in [0.717, 1.165) is 11.1 Å². The van der Waals surface area contributed by atoms with E-state index in [0.29, 0.717) is 32.7 Å². The van der Waals surface area contributed by atoms with Crippen molar-refractivity contribution in [1.82, 2.24) is 15.1 Å². The molecule has 2 aromatic rings. The second kappa shape index (κ2) is 10.6. The van der Waals surface area contributed by atoms with E-state index < -0.39 is 23.0 Å². The van der Waals surface area contributed by atoms with Gasteiger partial charge in [0.25, 0.3) is 0 Å². The first-order chi connectivity index (χ1) is 17.2. The Balaban J connectivity index is 1.51. The molecule has 2 aliphatic rings. The molecule has 3 N–H and O–H groups in total. The maximum Gasteiger partial charge on any atom is 0.247 e. The Kier molecular flexibility index (Phi) is 7.56. The Morgan fingerprint density at radius 2 is 1.69 bits per heavy atom. The lowest BCUT2D eigenvalue weighted by Gasteiger charge is -2.47. The zero-order valence-corrected chi connectivity index (χ0v) is 20.9. The van der Waals surface area contributed by atoms with Gasteiger partial charge in [-0.15, -0.1) is 0 Å². The van der Waals surface area contributed by atoms with Gasteiger partial charge in [0.1, 0.15) is 6.04 Å². The van der Waals surface area contributed by atoms with Crippen molar-refractivity contribution >= 4 is 17.7 Å². The van der Waals surface area contributed by atoms with Gasteiger partial charge >= 0.3 is 0 Å². The average molecular weight is 491 g/mol. The summed E-state index contributed by atoms with van der Waals surface area (Å²) in [5, 5.41) is 2.79. The maximum absolute atomic E-state index is 13.7. The van der Waals surface area contributed by atoms with Crippen molar-refractivity contribution in [2.24, 2.45) is 5.73 Å². The van der Waals surface area contributed by atoms with Crippen molar-refractivity contribution in [2.75, 3.05) is 26.2 Å². The molecule has 3 amide bonds. The molecule has 36 heavy (non-hydrogen) atoms. The molecule has 0 bridgehead atoms. The molecule has 2 heterocycles. The Bertz CT molecular complexity index is 1110. The SMILES string of the molecule is CC(C)(N)C(=O)NC(COCc1ccccc1)C(=O)N1CCN2C(=O)C=CC2(Cc2ccccc2)C1. The average Bonchev–Trinajstić information content (AvgIpc) is 3.18. The van der Waals surface area contributed by atoms with Gasteiger partial charge in [-0.3, -0.25) is 14.4 Å². The minimum Gasteiger partial charge on any atom is -0.374 e. The number of ether oxygens (including phenoxy) is 1. The van der Waals surface area contributed by atoms with Gasteiger partial charge in [-0.05, 0) is 25.0 Å². The van der Waals surface area contributed by atoms with Crippen LogP contribution in [0.1, 0.15) is 25.0 Å². The highest BCUT2D eigenvalue weighted by Crippen LogP contribution is 2.32. The maximum atomic E-state index is 13.7. The van der Waals surface area contributed by atoms with E-state index in [1.807, 2.05) is 71.6 Å². The molecule has 8 nitrogen and oxygen atoms in total. The topological polar surface area (TPSA) is 105 Å². The number of carbonyl (C=O) groups is 3. The van der Waals surface area contributed by atoms with Crippen LogP contribution in [0.4, 0.5) is 0 Å². The van der Waals surface area contributed by atoms with E-state index in [1.54, 1.807) is 24.8 Å². The van der Waals surface area contributed by atoms with Gasteiger partial charge in [0, 0.05) is 32.1 Å². The zero-order valence-electron chi connectivity index (χ0n) is 20.9. The third-order valence-corrected chi connectivity index (χ3v) is 6.65. The van der Waals surface area contributed by atoms with Crippen LogP contribution in [0, 0.1) is 0 Å². The van der Waals surface area contributed by atoms with E-state index in [4.69, 9.17) is 10.5 Å². The largest absolute Gasteiger partial charge is 0.374 e. The predicted octanol–water partition coefficient (Wildman–Crippen LogP) is 1.65. The van der Waals surface area contributed by atoms with Crippen LogP contribution in [0.25, 0.3) is 0 Å². The molecule has 1 saturated heterocycles. The van der Waals surface area contributed by atoms with Gasteiger partial charge in [0.15, 0.2) is 0 Å². The fourth-order valence-corrected chi connectivity index (χ4v) is 4.68. The first-order valence-electron chi connectivity index (χ1n) is 12.2. The van der Waals surface area contributed by atoms with Crippen LogP contribution in [0.15, 0.2) is 72.8 Å². The standard InChI is InChI=1S/C28H34N4O4/c1-27(2,29)26(35)30-23(19-36-18-22-11-7-4-8-12-22)25(34)31-15-16-32-24(33)13-14-28(32,20-31)17-21-9-5-3-6-10-21/h3-14,23H,15-20,29H2,1-2H3,(H,30,35). The molecule has 2 aliphatic heterocycles. The second-order valence-electron chi connectivity index (χ2n) is 10.1. The van der Waals surface area contributed by atoms with E-state index in [1.165, 1.54) is 0 Å².